The number of benzene rings is 2. The van der Waals surface area contributed by atoms with Crippen LogP contribution >= 0.6 is 0 Å². The van der Waals surface area contributed by atoms with Crippen LogP contribution in [-0.2, 0) is 11.5 Å². The molecule has 226 valence electrons. The number of piperazine rings is 1. The fourth-order valence-corrected chi connectivity index (χ4v) is 5.98. The summed E-state index contributed by atoms with van der Waals surface area (Å²) >= 11 is 0. The molecule has 0 spiro atoms. The van der Waals surface area contributed by atoms with Gasteiger partial charge in [-0.2, -0.15) is 20.1 Å². The van der Waals surface area contributed by atoms with Crippen molar-refractivity contribution in [1.82, 2.24) is 24.5 Å². The number of hydrogen-bond donors (Lipinski definition) is 0. The molecule has 0 aliphatic carbocycles. The van der Waals surface area contributed by atoms with E-state index in [-0.39, 0.29) is 24.2 Å². The second-order valence-corrected chi connectivity index (χ2v) is 17.7. The van der Waals surface area contributed by atoms with Crippen LogP contribution in [0.5, 0.6) is 5.75 Å². The highest BCUT2D eigenvalue weighted by molar-refractivity contribution is 6.76. The van der Waals surface area contributed by atoms with Crippen LogP contribution in [0.1, 0.15) is 6.42 Å². The molecule has 0 bridgehead atoms. The summed E-state index contributed by atoms with van der Waals surface area (Å²) in [7, 11) is 2.19. The van der Waals surface area contributed by atoms with Crippen molar-refractivity contribution >= 4 is 24.8 Å². The Bertz CT molecular complexity index is 1690. The first-order valence-corrected chi connectivity index (χ1v) is 18.1. The van der Waals surface area contributed by atoms with Crippen LogP contribution in [0.2, 0.25) is 25.7 Å². The summed E-state index contributed by atoms with van der Waals surface area (Å²) < 4.78 is 29.0. The third kappa shape index (κ3) is 6.64. The van der Waals surface area contributed by atoms with Gasteiger partial charge in [0.1, 0.15) is 29.4 Å². The van der Waals surface area contributed by atoms with E-state index in [1.54, 1.807) is 10.7 Å². The zero-order valence-corrected chi connectivity index (χ0v) is 26.4. The van der Waals surface area contributed by atoms with Crippen molar-refractivity contribution in [2.75, 3.05) is 45.3 Å². The number of methoxy groups -OCH3 is 1. The van der Waals surface area contributed by atoms with Crippen LogP contribution in [0, 0.1) is 17.1 Å². The Morgan fingerprint density at radius 3 is 2.58 bits per heavy atom. The highest BCUT2D eigenvalue weighted by Crippen LogP contribution is 2.30. The maximum Gasteiger partial charge on any atom is 0.273 e. The lowest BCUT2D eigenvalue weighted by Crippen LogP contribution is -2.51. The van der Waals surface area contributed by atoms with Crippen LogP contribution in [0.3, 0.4) is 0 Å². The van der Waals surface area contributed by atoms with Gasteiger partial charge >= 0.3 is 0 Å². The van der Waals surface area contributed by atoms with Gasteiger partial charge in [0.05, 0.1) is 25.1 Å². The summed E-state index contributed by atoms with van der Waals surface area (Å²) in [6.07, 6.45) is 0.481. The standard InChI is InChI=1S/C31H38FN7O3Si/c1-36-15-16-37(20-24(36)13-14-33)23-11-9-22(10-12-23)29-30-26(38(34-29)21-42-17-18-43(3,4)5)19-28(40)39(35-30)31-25(32)7-6-8-27(31)41-2/h6-12,19,24H,13,15-18,20-21H2,1-5H3/t24-/m0/s1. The smallest absolute Gasteiger partial charge is 0.273 e. The average Bonchev–Trinajstić information content (AvgIpc) is 3.32. The van der Waals surface area contributed by atoms with E-state index < -0.39 is 19.5 Å². The van der Waals surface area contributed by atoms with E-state index in [1.807, 2.05) is 24.3 Å². The molecule has 0 radical (unpaired) electrons. The number of fused-ring (bicyclic) bond motifs is 1. The SMILES string of the molecule is COc1cccc(F)c1-n1nc2c(-c3ccc(N4CCN(C)[C@@H](CC#N)C4)cc3)nn(COCC[Si](C)(C)C)c2cc1=O. The van der Waals surface area contributed by atoms with E-state index in [0.717, 1.165) is 41.6 Å². The molecule has 1 aliphatic rings. The number of anilines is 1. The zero-order chi connectivity index (χ0) is 30.7. The molecule has 1 saturated heterocycles. The molecule has 1 fully saturated rings. The molecule has 2 aromatic carbocycles. The number of nitrogens with zero attached hydrogens (tertiary/aromatic N) is 7. The molecular formula is C31H38FN7O3Si. The Morgan fingerprint density at radius 2 is 1.88 bits per heavy atom. The van der Waals surface area contributed by atoms with Crippen molar-refractivity contribution in [1.29, 1.82) is 5.26 Å². The minimum atomic E-state index is -1.29. The Hall–Kier alpha value is -4.05. The highest BCUT2D eigenvalue weighted by atomic mass is 28.3. The van der Waals surface area contributed by atoms with Crippen molar-refractivity contribution in [2.24, 2.45) is 0 Å². The summed E-state index contributed by atoms with van der Waals surface area (Å²) in [6, 6.07) is 17.3. The number of halogens is 1. The van der Waals surface area contributed by atoms with Crippen LogP contribution in [0.4, 0.5) is 10.1 Å². The second kappa shape index (κ2) is 12.7. The monoisotopic (exact) mass is 603 g/mol. The first-order valence-electron chi connectivity index (χ1n) is 14.4. The molecule has 12 heteroatoms. The van der Waals surface area contributed by atoms with Crippen LogP contribution < -0.4 is 15.2 Å². The van der Waals surface area contributed by atoms with Gasteiger partial charge in [-0.3, -0.25) is 9.69 Å². The third-order valence-electron chi connectivity index (χ3n) is 7.84. The van der Waals surface area contributed by atoms with Gasteiger partial charge in [-0.05, 0) is 37.4 Å². The van der Waals surface area contributed by atoms with Crippen LogP contribution in [0.25, 0.3) is 28.0 Å². The number of aromatic nitrogens is 4. The molecule has 1 aliphatic heterocycles. The van der Waals surface area contributed by atoms with Crippen molar-refractivity contribution in [3.05, 3.63) is 64.7 Å². The lowest BCUT2D eigenvalue weighted by molar-refractivity contribution is 0.0818. The minimum absolute atomic E-state index is 0.0562. The first kappa shape index (κ1) is 30.4. The lowest BCUT2D eigenvalue weighted by atomic mass is 10.1. The van der Waals surface area contributed by atoms with Gasteiger partial charge in [-0.1, -0.05) is 37.8 Å². The largest absolute Gasteiger partial charge is 0.494 e. The molecule has 3 heterocycles. The van der Waals surface area contributed by atoms with E-state index in [2.05, 4.69) is 47.7 Å². The Balaban J connectivity index is 1.54. The summed E-state index contributed by atoms with van der Waals surface area (Å²) in [5, 5.41) is 18.7. The zero-order valence-electron chi connectivity index (χ0n) is 25.4. The normalized spacial score (nSPS) is 16.0. The quantitative estimate of drug-likeness (QED) is 0.189. The van der Waals surface area contributed by atoms with Gasteiger partial charge in [0.15, 0.2) is 5.82 Å². The maximum atomic E-state index is 15.0. The predicted molar refractivity (Wildman–Crippen MR) is 168 cm³/mol. The van der Waals surface area contributed by atoms with Crippen molar-refractivity contribution in [3.8, 4) is 28.8 Å². The molecule has 0 N–H and O–H groups in total. The Kier molecular flexibility index (Phi) is 8.96. The van der Waals surface area contributed by atoms with Gasteiger partial charge in [0.25, 0.3) is 5.56 Å². The van der Waals surface area contributed by atoms with E-state index in [9.17, 15) is 10.1 Å². The molecule has 4 aromatic rings. The number of nitriles is 1. The molecule has 10 nitrogen and oxygen atoms in total. The average molecular weight is 604 g/mol. The maximum absolute atomic E-state index is 15.0. The fourth-order valence-electron chi connectivity index (χ4n) is 5.22. The number of rotatable bonds is 10. The van der Waals surface area contributed by atoms with Gasteiger partial charge in [-0.15, -0.1) is 0 Å². The molecule has 2 aromatic heterocycles. The van der Waals surface area contributed by atoms with Gasteiger partial charge in [-0.25, -0.2) is 9.07 Å². The molecule has 0 saturated carbocycles. The lowest BCUT2D eigenvalue weighted by Gasteiger charge is -2.39. The van der Waals surface area contributed by atoms with Crippen molar-refractivity contribution < 1.29 is 13.9 Å². The topological polar surface area (TPSA) is 101 Å². The van der Waals surface area contributed by atoms with E-state index >= 15 is 4.39 Å². The molecule has 43 heavy (non-hydrogen) atoms. The van der Waals surface area contributed by atoms with Gasteiger partial charge in [0, 0.05) is 57.7 Å². The van der Waals surface area contributed by atoms with E-state index in [1.165, 1.54) is 25.3 Å². The number of hydrogen-bond acceptors (Lipinski definition) is 8. The van der Waals surface area contributed by atoms with Crippen LogP contribution in [-0.4, -0.2) is 79.0 Å². The van der Waals surface area contributed by atoms with Gasteiger partial charge in [0.2, 0.25) is 0 Å². The first-order chi connectivity index (χ1) is 20.6. The number of ether oxygens (including phenoxy) is 2. The fraction of sp³-hybridized carbons (Fsp3) is 0.419. The van der Waals surface area contributed by atoms with Crippen molar-refractivity contribution in [2.45, 2.75) is 44.9 Å². The van der Waals surface area contributed by atoms with Crippen LogP contribution in [0.15, 0.2) is 53.3 Å². The predicted octanol–water partition coefficient (Wildman–Crippen LogP) is 4.74. The molecule has 0 amide bonds. The van der Waals surface area contributed by atoms with Gasteiger partial charge < -0.3 is 14.4 Å². The molecular weight excluding hydrogens is 565 g/mol. The molecule has 0 unspecified atom stereocenters. The summed E-state index contributed by atoms with van der Waals surface area (Å²) in [5.74, 6) is -0.424. The highest BCUT2D eigenvalue weighted by Gasteiger charge is 2.25. The third-order valence-corrected chi connectivity index (χ3v) is 9.54. The van der Waals surface area contributed by atoms with E-state index in [4.69, 9.17) is 14.6 Å². The summed E-state index contributed by atoms with van der Waals surface area (Å²) in [5.41, 5.74) is 2.79. The minimum Gasteiger partial charge on any atom is -0.494 e. The van der Waals surface area contributed by atoms with E-state index in [0.29, 0.717) is 29.8 Å². The Labute approximate surface area is 251 Å². The number of likely N-dealkylation sites (N-methyl/N-ethyl adjacent to an activating group) is 1. The Morgan fingerprint density at radius 1 is 1.12 bits per heavy atom. The second-order valence-electron chi connectivity index (χ2n) is 12.1. The summed E-state index contributed by atoms with van der Waals surface area (Å²) in [6.45, 7) is 10.1. The molecule has 5 rings (SSSR count). The van der Waals surface area contributed by atoms with Crippen molar-refractivity contribution in [3.63, 3.8) is 0 Å². The molecule has 1 atom stereocenters. The number of para-hydroxylation sites is 1. The summed E-state index contributed by atoms with van der Waals surface area (Å²) in [4.78, 5) is 17.8.